The third-order valence-electron chi connectivity index (χ3n) is 3.35. The molecular weight excluding hydrogens is 435 g/mol. The zero-order valence-corrected chi connectivity index (χ0v) is 17.8. The van der Waals surface area contributed by atoms with Gasteiger partial charge in [-0.15, -0.1) is 24.0 Å². The smallest absolute Gasteiger partial charge is 0.208 e. The zero-order chi connectivity index (χ0) is 15.9. The number of nitrogens with zero attached hydrogens (tertiary/aromatic N) is 2. The molecular formula is C13H29IN4O2S2. The maximum absolute atomic E-state index is 11.0. The minimum Gasteiger partial charge on any atom is -0.356 e. The Hall–Kier alpha value is 0.260. The molecule has 132 valence electrons. The summed E-state index contributed by atoms with van der Waals surface area (Å²) in [7, 11) is -1.29. The number of rotatable bonds is 6. The highest BCUT2D eigenvalue weighted by molar-refractivity contribution is 14.0. The Labute approximate surface area is 156 Å². The number of guanidine groups is 1. The maximum Gasteiger partial charge on any atom is 0.208 e. The van der Waals surface area contributed by atoms with Gasteiger partial charge in [-0.25, -0.2) is 13.1 Å². The van der Waals surface area contributed by atoms with Gasteiger partial charge in [0, 0.05) is 44.2 Å². The first kappa shape index (κ1) is 22.3. The molecule has 0 aromatic carbocycles. The number of sulfonamides is 1. The van der Waals surface area contributed by atoms with Gasteiger partial charge in [0.1, 0.15) is 0 Å². The summed E-state index contributed by atoms with van der Waals surface area (Å²) in [5.41, 5.74) is 0. The van der Waals surface area contributed by atoms with E-state index in [9.17, 15) is 8.42 Å². The summed E-state index contributed by atoms with van der Waals surface area (Å²) >= 11 is 2.04. The Bertz CT molecular complexity index is 443. The molecule has 1 saturated heterocycles. The maximum atomic E-state index is 11.0. The molecule has 0 saturated carbocycles. The van der Waals surface area contributed by atoms with Gasteiger partial charge >= 0.3 is 0 Å². The predicted molar refractivity (Wildman–Crippen MR) is 107 cm³/mol. The molecule has 1 rings (SSSR count). The SMILES string of the molecule is CN=C(NCCCNS(C)(=O)=O)N1CCSC(C(C)C)C1.I. The molecule has 1 fully saturated rings. The second-order valence-corrected chi connectivity index (χ2v) is 8.77. The number of hydrogen-bond donors (Lipinski definition) is 2. The van der Waals surface area contributed by atoms with Crippen LogP contribution >= 0.6 is 35.7 Å². The van der Waals surface area contributed by atoms with Crippen molar-refractivity contribution in [1.82, 2.24) is 14.9 Å². The van der Waals surface area contributed by atoms with Gasteiger partial charge in [-0.2, -0.15) is 11.8 Å². The van der Waals surface area contributed by atoms with Gasteiger partial charge in [-0.3, -0.25) is 4.99 Å². The van der Waals surface area contributed by atoms with E-state index < -0.39 is 10.0 Å². The molecule has 0 bridgehead atoms. The van der Waals surface area contributed by atoms with Crippen LogP contribution in [0.5, 0.6) is 0 Å². The van der Waals surface area contributed by atoms with E-state index in [-0.39, 0.29) is 24.0 Å². The molecule has 0 amide bonds. The average molecular weight is 464 g/mol. The van der Waals surface area contributed by atoms with Gasteiger partial charge < -0.3 is 10.2 Å². The Morgan fingerprint density at radius 1 is 1.41 bits per heavy atom. The second-order valence-electron chi connectivity index (χ2n) is 5.59. The Morgan fingerprint density at radius 3 is 2.64 bits per heavy atom. The summed E-state index contributed by atoms with van der Waals surface area (Å²) in [5, 5.41) is 3.96. The molecule has 6 nitrogen and oxygen atoms in total. The lowest BCUT2D eigenvalue weighted by molar-refractivity contribution is 0.380. The summed E-state index contributed by atoms with van der Waals surface area (Å²) in [4.78, 5) is 6.63. The fraction of sp³-hybridized carbons (Fsp3) is 0.923. The lowest BCUT2D eigenvalue weighted by atomic mass is 10.1. The fourth-order valence-electron chi connectivity index (χ4n) is 2.15. The van der Waals surface area contributed by atoms with Crippen LogP contribution in [0.25, 0.3) is 0 Å². The Balaban J connectivity index is 0.00000441. The van der Waals surface area contributed by atoms with E-state index in [4.69, 9.17) is 0 Å². The van der Waals surface area contributed by atoms with Gasteiger partial charge in [0.05, 0.1) is 6.26 Å². The number of hydrogen-bond acceptors (Lipinski definition) is 4. The molecule has 9 heteroatoms. The van der Waals surface area contributed by atoms with Crippen LogP contribution in [0.1, 0.15) is 20.3 Å². The lowest BCUT2D eigenvalue weighted by Gasteiger charge is -2.36. The monoisotopic (exact) mass is 464 g/mol. The molecule has 1 atom stereocenters. The van der Waals surface area contributed by atoms with Gasteiger partial charge in [-0.1, -0.05) is 13.8 Å². The van der Waals surface area contributed by atoms with E-state index in [2.05, 4.69) is 33.8 Å². The molecule has 0 aromatic heterocycles. The lowest BCUT2D eigenvalue weighted by Crippen LogP contribution is -2.49. The molecule has 1 heterocycles. The third-order valence-corrected chi connectivity index (χ3v) is 5.62. The highest BCUT2D eigenvalue weighted by Gasteiger charge is 2.24. The molecule has 22 heavy (non-hydrogen) atoms. The van der Waals surface area contributed by atoms with Crippen molar-refractivity contribution < 1.29 is 8.42 Å². The number of thioether (sulfide) groups is 1. The number of aliphatic imine (C=N–C) groups is 1. The van der Waals surface area contributed by atoms with Crippen LogP contribution in [0.4, 0.5) is 0 Å². The topological polar surface area (TPSA) is 73.8 Å². The molecule has 1 aliphatic heterocycles. The highest BCUT2D eigenvalue weighted by atomic mass is 127. The minimum atomic E-state index is -3.09. The molecule has 0 aliphatic carbocycles. The van der Waals surface area contributed by atoms with Crippen molar-refractivity contribution in [3.8, 4) is 0 Å². The van der Waals surface area contributed by atoms with E-state index in [0.717, 1.165) is 31.2 Å². The summed E-state index contributed by atoms with van der Waals surface area (Å²) < 4.78 is 24.4. The predicted octanol–water partition coefficient (Wildman–Crippen LogP) is 1.19. The van der Waals surface area contributed by atoms with Crippen LogP contribution in [0.3, 0.4) is 0 Å². The summed E-state index contributed by atoms with van der Waals surface area (Å²) in [6, 6.07) is 0. The van der Waals surface area contributed by atoms with E-state index in [1.54, 1.807) is 7.05 Å². The molecule has 0 spiro atoms. The number of halogens is 1. The van der Waals surface area contributed by atoms with Crippen molar-refractivity contribution in [1.29, 1.82) is 0 Å². The van der Waals surface area contributed by atoms with Gasteiger partial charge in [0.2, 0.25) is 10.0 Å². The van der Waals surface area contributed by atoms with Crippen molar-refractivity contribution in [2.45, 2.75) is 25.5 Å². The quantitative estimate of drug-likeness (QED) is 0.268. The summed E-state index contributed by atoms with van der Waals surface area (Å²) in [6.07, 6.45) is 1.92. The van der Waals surface area contributed by atoms with Crippen LogP contribution in [-0.4, -0.2) is 69.8 Å². The van der Waals surface area contributed by atoms with Crippen molar-refractivity contribution in [3.05, 3.63) is 0 Å². The van der Waals surface area contributed by atoms with Crippen LogP contribution in [0, 0.1) is 5.92 Å². The van der Waals surface area contributed by atoms with Crippen LogP contribution in [-0.2, 0) is 10.0 Å². The second kappa shape index (κ2) is 10.9. The average Bonchev–Trinajstić information content (AvgIpc) is 2.41. The van der Waals surface area contributed by atoms with Gasteiger partial charge in [-0.05, 0) is 12.3 Å². The molecule has 2 N–H and O–H groups in total. The molecule has 0 aromatic rings. The van der Waals surface area contributed by atoms with Crippen LogP contribution < -0.4 is 10.0 Å². The first-order valence-corrected chi connectivity index (χ1v) is 10.3. The standard InChI is InChI=1S/C13H28N4O2S2.HI/c1-11(2)12-10-17(8-9-20-12)13(14-3)15-6-5-7-16-21(4,18)19;/h11-12,16H,5-10H2,1-4H3,(H,14,15);1H. The molecule has 1 unspecified atom stereocenters. The number of nitrogens with one attached hydrogen (secondary N) is 2. The van der Waals surface area contributed by atoms with Crippen LogP contribution in [0.15, 0.2) is 4.99 Å². The van der Waals surface area contributed by atoms with E-state index >= 15 is 0 Å². The summed E-state index contributed by atoms with van der Waals surface area (Å²) in [6.45, 7) is 7.71. The van der Waals surface area contributed by atoms with Gasteiger partial charge in [0.25, 0.3) is 0 Å². The van der Waals surface area contributed by atoms with E-state index in [1.807, 2.05) is 11.8 Å². The van der Waals surface area contributed by atoms with Crippen molar-refractivity contribution in [3.63, 3.8) is 0 Å². The van der Waals surface area contributed by atoms with Gasteiger partial charge in [0.15, 0.2) is 5.96 Å². The Morgan fingerprint density at radius 2 is 2.09 bits per heavy atom. The zero-order valence-electron chi connectivity index (χ0n) is 13.8. The third kappa shape index (κ3) is 8.78. The first-order chi connectivity index (χ1) is 9.83. The summed E-state index contributed by atoms with van der Waals surface area (Å²) in [5.74, 6) is 2.70. The van der Waals surface area contributed by atoms with Crippen LogP contribution in [0.2, 0.25) is 0 Å². The molecule has 0 radical (unpaired) electrons. The highest BCUT2D eigenvalue weighted by Crippen LogP contribution is 2.24. The van der Waals surface area contributed by atoms with E-state index in [1.165, 1.54) is 6.26 Å². The largest absolute Gasteiger partial charge is 0.356 e. The van der Waals surface area contributed by atoms with Crippen molar-refractivity contribution in [2.75, 3.05) is 45.2 Å². The Kier molecular flexibility index (Phi) is 11.1. The normalized spacial score (nSPS) is 20.0. The van der Waals surface area contributed by atoms with E-state index in [0.29, 0.717) is 24.3 Å². The fourth-order valence-corrected chi connectivity index (χ4v) is 3.96. The van der Waals surface area contributed by atoms with Crippen molar-refractivity contribution >= 4 is 51.7 Å². The first-order valence-electron chi connectivity index (χ1n) is 7.35. The van der Waals surface area contributed by atoms with Crippen molar-refractivity contribution in [2.24, 2.45) is 10.9 Å². The molecule has 1 aliphatic rings. The minimum absolute atomic E-state index is 0.